The normalized spacial score (nSPS) is 27.5. The van der Waals surface area contributed by atoms with E-state index in [2.05, 4.69) is 70.9 Å². The topological polar surface area (TPSA) is 107 Å². The van der Waals surface area contributed by atoms with Gasteiger partial charge in [-0.3, -0.25) is 19.3 Å². The minimum absolute atomic E-state index is 0.0829. The van der Waals surface area contributed by atoms with Gasteiger partial charge in [0.2, 0.25) is 5.91 Å². The first-order valence-electron chi connectivity index (χ1n) is 20.3. The molecule has 1 unspecified atom stereocenters. The van der Waals surface area contributed by atoms with Crippen LogP contribution in [0.1, 0.15) is 91.1 Å². The number of hydrogen-bond donors (Lipinski definition) is 3. The Hall–Kier alpha value is -3.18. The van der Waals surface area contributed by atoms with Crippen molar-refractivity contribution in [2.75, 3.05) is 46.2 Å². The Bertz CT molecular complexity index is 1620. The number of carbonyl (C=O) groups is 2. The van der Waals surface area contributed by atoms with E-state index in [4.69, 9.17) is 9.57 Å². The molecule has 10 nitrogen and oxygen atoms in total. The molecule has 9 atom stereocenters. The van der Waals surface area contributed by atoms with Crippen LogP contribution in [0.5, 0.6) is 5.75 Å². The number of hydroxylamine groups is 2. The van der Waals surface area contributed by atoms with Gasteiger partial charge < -0.3 is 25.4 Å². The molecule has 1 heterocycles. The van der Waals surface area contributed by atoms with Crippen molar-refractivity contribution in [2.24, 2.45) is 40.9 Å². The molecule has 4 aliphatic rings. The van der Waals surface area contributed by atoms with Crippen LogP contribution in [0, 0.1) is 40.9 Å². The zero-order valence-electron chi connectivity index (χ0n) is 35.3. The van der Waals surface area contributed by atoms with Crippen LogP contribution in [0.25, 0.3) is 11.1 Å². The molecule has 6 rings (SSSR count). The van der Waals surface area contributed by atoms with Crippen molar-refractivity contribution < 1.29 is 24.3 Å². The maximum atomic E-state index is 14.8. The summed E-state index contributed by atoms with van der Waals surface area (Å²) in [4.78, 5) is 38.9. The minimum atomic E-state index is -0.785. The molecule has 2 amide bonds. The van der Waals surface area contributed by atoms with E-state index in [1.54, 1.807) is 21.1 Å². The van der Waals surface area contributed by atoms with Gasteiger partial charge in [-0.05, 0) is 85.5 Å². The molecule has 300 valence electrons. The van der Waals surface area contributed by atoms with Crippen molar-refractivity contribution in [1.29, 1.82) is 0 Å². The fourth-order valence-electron chi connectivity index (χ4n) is 9.66. The maximum Gasteiger partial charge on any atom is 0.251 e. The van der Waals surface area contributed by atoms with Crippen LogP contribution < -0.4 is 20.3 Å². The number of aliphatic hydroxyl groups is 1. The van der Waals surface area contributed by atoms with Crippen LogP contribution in [0.3, 0.4) is 0 Å². The van der Waals surface area contributed by atoms with Crippen molar-refractivity contribution >= 4 is 17.5 Å². The number of anilines is 1. The van der Waals surface area contributed by atoms with Gasteiger partial charge in [-0.25, -0.2) is 0 Å². The first kappa shape index (κ1) is 42.0. The van der Waals surface area contributed by atoms with E-state index >= 15 is 0 Å². The van der Waals surface area contributed by atoms with Crippen LogP contribution in [-0.2, 0) is 16.2 Å². The predicted molar refractivity (Wildman–Crippen MR) is 217 cm³/mol. The molecule has 54 heavy (non-hydrogen) atoms. The van der Waals surface area contributed by atoms with Gasteiger partial charge in [0, 0.05) is 74.6 Å². The van der Waals surface area contributed by atoms with E-state index in [1.807, 2.05) is 60.5 Å². The van der Waals surface area contributed by atoms with Gasteiger partial charge in [-0.1, -0.05) is 66.7 Å². The third-order valence-corrected chi connectivity index (χ3v) is 13.3. The van der Waals surface area contributed by atoms with Gasteiger partial charge in [0.25, 0.3) is 5.91 Å². The highest BCUT2D eigenvalue weighted by molar-refractivity contribution is 5.97. The fourth-order valence-corrected chi connectivity index (χ4v) is 9.66. The zero-order chi connectivity index (χ0) is 39.8. The highest BCUT2D eigenvalue weighted by Gasteiger charge is 2.57. The smallest absolute Gasteiger partial charge is 0.251 e. The van der Waals surface area contributed by atoms with Crippen LogP contribution in [0.4, 0.5) is 5.69 Å². The number of amides is 2. The third kappa shape index (κ3) is 8.47. The molecule has 3 aliphatic carbocycles. The molecule has 4 fully saturated rings. The van der Waals surface area contributed by atoms with Crippen LogP contribution in [-0.4, -0.2) is 98.6 Å². The molecule has 0 radical (unpaired) electrons. The number of methoxy groups -OCH3 is 1. The third-order valence-electron chi connectivity index (χ3n) is 13.3. The van der Waals surface area contributed by atoms with Gasteiger partial charge in [0.15, 0.2) is 0 Å². The lowest BCUT2D eigenvalue weighted by Gasteiger charge is -2.62. The Labute approximate surface area is 325 Å². The van der Waals surface area contributed by atoms with Crippen molar-refractivity contribution in [1.82, 2.24) is 20.6 Å². The van der Waals surface area contributed by atoms with Crippen molar-refractivity contribution in [3.05, 3.63) is 47.5 Å². The SMILES string of the molecule is CNC(=O)c1cc(-c2cccc(CN3O[C@@H](CN(CC(C)C)C(C)C(C)C)[C@@H]([C@H](C)O)[C@H]3C(=O)N[C@H]3C[C@H]4C[C@@H]([C@@H]3C)C4(C)C)c2OC)cc(N(C)C)c1. The van der Waals surface area contributed by atoms with E-state index in [9.17, 15) is 14.7 Å². The molecule has 2 aromatic carbocycles. The second-order valence-corrected chi connectivity index (χ2v) is 18.1. The molecule has 1 aliphatic heterocycles. The molecule has 1 saturated heterocycles. The summed E-state index contributed by atoms with van der Waals surface area (Å²) in [5, 5.41) is 19.6. The summed E-state index contributed by atoms with van der Waals surface area (Å²) in [5.41, 5.74) is 4.26. The zero-order valence-corrected chi connectivity index (χ0v) is 35.3. The first-order valence-corrected chi connectivity index (χ1v) is 20.3. The van der Waals surface area contributed by atoms with Gasteiger partial charge in [0.1, 0.15) is 11.8 Å². The van der Waals surface area contributed by atoms with Crippen molar-refractivity contribution in [2.45, 2.75) is 112 Å². The Morgan fingerprint density at radius 2 is 1.78 bits per heavy atom. The fraction of sp³-hybridized carbons (Fsp3) is 0.682. The predicted octanol–water partition coefficient (Wildman–Crippen LogP) is 6.46. The molecule has 10 heteroatoms. The van der Waals surface area contributed by atoms with Crippen molar-refractivity contribution in [3.63, 3.8) is 0 Å². The molecule has 2 bridgehead atoms. The number of ether oxygens (including phenoxy) is 1. The largest absolute Gasteiger partial charge is 0.496 e. The highest BCUT2D eigenvalue weighted by atomic mass is 16.7. The molecule has 2 aromatic rings. The second-order valence-electron chi connectivity index (χ2n) is 18.1. The maximum absolute atomic E-state index is 14.8. The lowest BCUT2D eigenvalue weighted by Crippen LogP contribution is -2.62. The molecular formula is C44H69N5O5. The average molecular weight is 748 g/mol. The van der Waals surface area contributed by atoms with Crippen molar-refractivity contribution in [3.8, 4) is 16.9 Å². The number of para-hydroxylation sites is 1. The van der Waals surface area contributed by atoms with Crippen LogP contribution in [0.2, 0.25) is 0 Å². The quantitative estimate of drug-likeness (QED) is 0.191. The number of rotatable bonds is 15. The van der Waals surface area contributed by atoms with Crippen LogP contribution in [0.15, 0.2) is 36.4 Å². The summed E-state index contributed by atoms with van der Waals surface area (Å²) >= 11 is 0. The van der Waals surface area contributed by atoms with Gasteiger partial charge in [-0.15, -0.1) is 0 Å². The molecular weight excluding hydrogens is 679 g/mol. The standard InChI is InChI=1S/C44H69N5O5/c1-25(2)22-48(28(6)26(3)4)24-38-39(29(7)50)40(43(52)46-37-21-33-20-36(27(37)5)44(33,8)9)49(54-38)23-30-15-14-16-35(41(30)53-13)31-17-32(42(51)45-10)19-34(18-31)47(11)12/h14-19,25-29,33,36-40,50H,20-24H2,1-13H3,(H,45,51)(H,46,52)/t27-,28?,29-,33+,36-,37-,38-,39+,40-/m0/s1. The Morgan fingerprint density at radius 1 is 1.07 bits per heavy atom. The number of hydrogen-bond acceptors (Lipinski definition) is 8. The molecule has 0 spiro atoms. The summed E-state index contributed by atoms with van der Waals surface area (Å²) < 4.78 is 6.15. The van der Waals surface area contributed by atoms with E-state index in [-0.39, 0.29) is 24.4 Å². The summed E-state index contributed by atoms with van der Waals surface area (Å²) in [7, 11) is 7.19. The second kappa shape index (κ2) is 16.9. The minimum Gasteiger partial charge on any atom is -0.496 e. The van der Waals surface area contributed by atoms with E-state index in [0.29, 0.717) is 58.9 Å². The summed E-state index contributed by atoms with van der Waals surface area (Å²) in [5.74, 6) is 2.36. The number of benzene rings is 2. The van der Waals surface area contributed by atoms with Gasteiger partial charge in [0.05, 0.1) is 25.9 Å². The van der Waals surface area contributed by atoms with Crippen LogP contribution >= 0.6 is 0 Å². The Morgan fingerprint density at radius 3 is 2.33 bits per heavy atom. The lowest BCUT2D eigenvalue weighted by molar-refractivity contribution is -0.181. The Kier molecular flexibility index (Phi) is 13.1. The number of fused-ring (bicyclic) bond motifs is 2. The number of nitrogens with one attached hydrogen (secondary N) is 2. The van der Waals surface area contributed by atoms with E-state index in [1.165, 1.54) is 6.42 Å². The highest BCUT2D eigenvalue weighted by Crippen LogP contribution is 2.61. The Balaban J connectivity index is 1.53. The van der Waals surface area contributed by atoms with Gasteiger partial charge >= 0.3 is 0 Å². The summed E-state index contributed by atoms with van der Waals surface area (Å²) in [6, 6.07) is 11.4. The summed E-state index contributed by atoms with van der Waals surface area (Å²) in [6.45, 7) is 21.8. The monoisotopic (exact) mass is 748 g/mol. The van der Waals surface area contributed by atoms with E-state index < -0.39 is 24.2 Å². The molecule has 0 aromatic heterocycles. The number of nitrogens with zero attached hydrogens (tertiary/aromatic N) is 3. The van der Waals surface area contributed by atoms with E-state index in [0.717, 1.165) is 35.3 Å². The number of aliphatic hydroxyl groups excluding tert-OH is 1. The molecule has 3 N–H and O–H groups in total. The lowest BCUT2D eigenvalue weighted by atomic mass is 9.45. The first-order chi connectivity index (χ1) is 25.4. The average Bonchev–Trinajstić information content (AvgIpc) is 3.48. The molecule has 3 saturated carbocycles. The number of carbonyl (C=O) groups excluding carboxylic acids is 2. The summed E-state index contributed by atoms with van der Waals surface area (Å²) in [6.07, 6.45) is 1.01. The van der Waals surface area contributed by atoms with Gasteiger partial charge in [-0.2, -0.15) is 5.06 Å².